The van der Waals surface area contributed by atoms with E-state index in [-0.39, 0.29) is 11.9 Å². The van der Waals surface area contributed by atoms with Gasteiger partial charge in [-0.15, -0.1) is 0 Å². The Balaban J connectivity index is 1.92. The third-order valence-corrected chi connectivity index (χ3v) is 3.28. The zero-order chi connectivity index (χ0) is 13.5. The molecule has 3 N–H and O–H groups in total. The summed E-state index contributed by atoms with van der Waals surface area (Å²) in [6.07, 6.45) is 2.76. The van der Waals surface area contributed by atoms with Gasteiger partial charge >= 0.3 is 0 Å². The number of hydrazine groups is 1. The first kappa shape index (κ1) is 13.7. The zero-order valence-electron chi connectivity index (χ0n) is 10.9. The van der Waals surface area contributed by atoms with Crippen molar-refractivity contribution in [1.29, 1.82) is 0 Å². The number of nitrogens with one attached hydrogen (secondary N) is 1. The highest BCUT2D eigenvalue weighted by atomic mass is 19.1. The summed E-state index contributed by atoms with van der Waals surface area (Å²) in [6, 6.07) is 16.9. The molecule has 0 amide bonds. The second kappa shape index (κ2) is 7.02. The third kappa shape index (κ3) is 3.88. The van der Waals surface area contributed by atoms with Crippen molar-refractivity contribution in [2.75, 3.05) is 0 Å². The van der Waals surface area contributed by atoms with Crippen LogP contribution in [0.5, 0.6) is 0 Å². The molecule has 0 aliphatic rings. The summed E-state index contributed by atoms with van der Waals surface area (Å²) >= 11 is 0. The second-order valence-corrected chi connectivity index (χ2v) is 4.62. The van der Waals surface area contributed by atoms with Crippen LogP contribution >= 0.6 is 0 Å². The third-order valence-electron chi connectivity index (χ3n) is 3.28. The van der Waals surface area contributed by atoms with Gasteiger partial charge in [0.15, 0.2) is 0 Å². The summed E-state index contributed by atoms with van der Waals surface area (Å²) in [6.45, 7) is 0. The van der Waals surface area contributed by atoms with E-state index in [0.717, 1.165) is 19.3 Å². The fourth-order valence-electron chi connectivity index (χ4n) is 2.24. The minimum Gasteiger partial charge on any atom is -0.271 e. The Kier molecular flexibility index (Phi) is 5.07. The van der Waals surface area contributed by atoms with Gasteiger partial charge in [0.1, 0.15) is 5.82 Å². The van der Waals surface area contributed by atoms with E-state index in [4.69, 9.17) is 5.84 Å². The van der Waals surface area contributed by atoms with Crippen LogP contribution in [0.2, 0.25) is 0 Å². The molecule has 2 nitrogen and oxygen atoms in total. The molecule has 1 unspecified atom stereocenters. The molecule has 0 bridgehead atoms. The molecule has 2 aromatic carbocycles. The van der Waals surface area contributed by atoms with Crippen molar-refractivity contribution >= 4 is 0 Å². The molecule has 1 atom stereocenters. The Morgan fingerprint density at radius 3 is 2.37 bits per heavy atom. The summed E-state index contributed by atoms with van der Waals surface area (Å²) < 4.78 is 13.7. The van der Waals surface area contributed by atoms with Crippen LogP contribution in [0.4, 0.5) is 4.39 Å². The molecular formula is C16H19FN2. The van der Waals surface area contributed by atoms with Crippen LogP contribution in [-0.4, -0.2) is 0 Å². The van der Waals surface area contributed by atoms with Crippen molar-refractivity contribution in [3.05, 3.63) is 71.5 Å². The van der Waals surface area contributed by atoms with E-state index in [0.29, 0.717) is 5.56 Å². The Labute approximate surface area is 113 Å². The topological polar surface area (TPSA) is 38.0 Å². The number of hydrogen-bond donors (Lipinski definition) is 2. The van der Waals surface area contributed by atoms with Crippen molar-refractivity contribution in [3.8, 4) is 0 Å². The molecule has 0 aliphatic heterocycles. The highest BCUT2D eigenvalue weighted by Crippen LogP contribution is 2.21. The molecule has 0 heterocycles. The van der Waals surface area contributed by atoms with Gasteiger partial charge in [-0.2, -0.15) is 0 Å². The molecule has 0 spiro atoms. The van der Waals surface area contributed by atoms with Gasteiger partial charge in [0.05, 0.1) is 0 Å². The SMILES string of the molecule is NNC(CCCc1ccccc1)c1ccccc1F. The van der Waals surface area contributed by atoms with Crippen LogP contribution in [-0.2, 0) is 6.42 Å². The maximum absolute atomic E-state index is 13.7. The molecule has 0 saturated heterocycles. The first-order chi connectivity index (χ1) is 9.31. The summed E-state index contributed by atoms with van der Waals surface area (Å²) in [4.78, 5) is 0. The van der Waals surface area contributed by atoms with E-state index in [1.807, 2.05) is 24.3 Å². The number of halogens is 1. The Morgan fingerprint density at radius 2 is 1.68 bits per heavy atom. The van der Waals surface area contributed by atoms with Crippen LogP contribution in [0.15, 0.2) is 54.6 Å². The van der Waals surface area contributed by atoms with E-state index < -0.39 is 0 Å². The lowest BCUT2D eigenvalue weighted by Gasteiger charge is -2.16. The lowest BCUT2D eigenvalue weighted by Crippen LogP contribution is -2.28. The Hall–Kier alpha value is -1.71. The number of benzene rings is 2. The number of rotatable bonds is 6. The van der Waals surface area contributed by atoms with Gasteiger partial charge in [-0.1, -0.05) is 48.5 Å². The van der Waals surface area contributed by atoms with E-state index in [1.165, 1.54) is 11.6 Å². The van der Waals surface area contributed by atoms with E-state index in [1.54, 1.807) is 12.1 Å². The molecule has 0 aliphatic carbocycles. The number of nitrogens with two attached hydrogens (primary N) is 1. The first-order valence-electron chi connectivity index (χ1n) is 6.55. The van der Waals surface area contributed by atoms with Crippen molar-refractivity contribution in [3.63, 3.8) is 0 Å². The number of aryl methyl sites for hydroxylation is 1. The fourth-order valence-corrected chi connectivity index (χ4v) is 2.24. The highest BCUT2D eigenvalue weighted by molar-refractivity contribution is 5.21. The minimum atomic E-state index is -0.204. The molecule has 100 valence electrons. The molecule has 19 heavy (non-hydrogen) atoms. The first-order valence-corrected chi connectivity index (χ1v) is 6.55. The van der Waals surface area contributed by atoms with Crippen LogP contribution in [0, 0.1) is 5.82 Å². The van der Waals surface area contributed by atoms with Gasteiger partial charge in [0.25, 0.3) is 0 Å². The molecule has 0 saturated carbocycles. The van der Waals surface area contributed by atoms with Crippen molar-refractivity contribution in [1.82, 2.24) is 5.43 Å². The molecule has 0 radical (unpaired) electrons. The van der Waals surface area contributed by atoms with Crippen LogP contribution in [0.3, 0.4) is 0 Å². The predicted octanol–water partition coefficient (Wildman–Crippen LogP) is 3.35. The molecular weight excluding hydrogens is 239 g/mol. The molecule has 3 heteroatoms. The van der Waals surface area contributed by atoms with Crippen LogP contribution in [0.1, 0.15) is 30.0 Å². The molecule has 2 aromatic rings. The number of hydrogen-bond acceptors (Lipinski definition) is 2. The van der Waals surface area contributed by atoms with Gasteiger partial charge in [0.2, 0.25) is 0 Å². The largest absolute Gasteiger partial charge is 0.271 e. The monoisotopic (exact) mass is 258 g/mol. The fraction of sp³-hybridized carbons (Fsp3) is 0.250. The Bertz CT molecular complexity index is 499. The average Bonchev–Trinajstić information content (AvgIpc) is 2.46. The van der Waals surface area contributed by atoms with E-state index >= 15 is 0 Å². The quantitative estimate of drug-likeness (QED) is 0.616. The van der Waals surface area contributed by atoms with Crippen molar-refractivity contribution in [2.45, 2.75) is 25.3 Å². The van der Waals surface area contributed by atoms with Gasteiger partial charge in [-0.05, 0) is 30.9 Å². The van der Waals surface area contributed by atoms with Gasteiger partial charge in [-0.3, -0.25) is 11.3 Å². The van der Waals surface area contributed by atoms with Gasteiger partial charge < -0.3 is 0 Å². The van der Waals surface area contributed by atoms with Crippen LogP contribution < -0.4 is 11.3 Å². The van der Waals surface area contributed by atoms with Crippen LogP contribution in [0.25, 0.3) is 0 Å². The predicted molar refractivity (Wildman–Crippen MR) is 75.8 cm³/mol. The van der Waals surface area contributed by atoms with Gasteiger partial charge in [-0.25, -0.2) is 4.39 Å². The van der Waals surface area contributed by atoms with E-state index in [9.17, 15) is 4.39 Å². The lowest BCUT2D eigenvalue weighted by atomic mass is 9.99. The minimum absolute atomic E-state index is 0.134. The maximum atomic E-state index is 13.7. The summed E-state index contributed by atoms with van der Waals surface area (Å²) in [5.74, 6) is 5.33. The smallest absolute Gasteiger partial charge is 0.128 e. The standard InChI is InChI=1S/C16H19FN2/c17-15-11-5-4-10-14(15)16(19-18)12-6-9-13-7-2-1-3-8-13/h1-5,7-8,10-11,16,19H,6,9,12,18H2. The second-order valence-electron chi connectivity index (χ2n) is 4.62. The summed E-state index contributed by atoms with van der Waals surface area (Å²) in [5, 5.41) is 0. The normalized spacial score (nSPS) is 12.3. The zero-order valence-corrected chi connectivity index (χ0v) is 10.9. The lowest BCUT2D eigenvalue weighted by molar-refractivity contribution is 0.472. The average molecular weight is 258 g/mol. The van der Waals surface area contributed by atoms with Gasteiger partial charge in [0, 0.05) is 11.6 Å². The Morgan fingerprint density at radius 1 is 1.00 bits per heavy atom. The molecule has 0 fully saturated rings. The highest BCUT2D eigenvalue weighted by Gasteiger charge is 2.13. The van der Waals surface area contributed by atoms with Crippen molar-refractivity contribution in [2.24, 2.45) is 5.84 Å². The molecule has 0 aromatic heterocycles. The molecule has 2 rings (SSSR count). The van der Waals surface area contributed by atoms with Crippen molar-refractivity contribution < 1.29 is 4.39 Å². The summed E-state index contributed by atoms with van der Waals surface area (Å²) in [5.41, 5.74) is 4.64. The van der Waals surface area contributed by atoms with E-state index in [2.05, 4.69) is 17.6 Å². The summed E-state index contributed by atoms with van der Waals surface area (Å²) in [7, 11) is 0. The maximum Gasteiger partial charge on any atom is 0.128 e.